The van der Waals surface area contributed by atoms with Gasteiger partial charge in [0.25, 0.3) is 0 Å². The Hall–Kier alpha value is -2.38. The topological polar surface area (TPSA) is 53.2 Å². The number of halogens is 1. The molecular formula is C15H10FNO2. The van der Waals surface area contributed by atoms with E-state index in [-0.39, 0.29) is 0 Å². The van der Waals surface area contributed by atoms with E-state index in [0.29, 0.717) is 11.3 Å². The van der Waals surface area contributed by atoms with Gasteiger partial charge < -0.3 is 9.84 Å². The Balaban J connectivity index is 2.23. The standard InChI is InChI=1S/C15H10FNO2/c16-9-5-6-10-11-3-1-2-4-14(11)19-15(12(10)7-9)13(18)8-17/h1-7,13,15,18H. The number of rotatable bonds is 1. The Labute approximate surface area is 109 Å². The van der Waals surface area contributed by atoms with Crippen molar-refractivity contribution in [3.05, 3.63) is 53.8 Å². The largest absolute Gasteiger partial charge is 0.481 e. The Morgan fingerprint density at radius 1 is 1.21 bits per heavy atom. The van der Waals surface area contributed by atoms with Crippen molar-refractivity contribution in [1.82, 2.24) is 0 Å². The second kappa shape index (κ2) is 4.38. The van der Waals surface area contributed by atoms with E-state index in [0.717, 1.165) is 11.1 Å². The van der Waals surface area contributed by atoms with Gasteiger partial charge in [0.2, 0.25) is 0 Å². The van der Waals surface area contributed by atoms with E-state index in [1.54, 1.807) is 18.2 Å². The highest BCUT2D eigenvalue weighted by molar-refractivity contribution is 5.75. The summed E-state index contributed by atoms with van der Waals surface area (Å²) in [7, 11) is 0. The third kappa shape index (κ3) is 1.85. The molecule has 2 aromatic carbocycles. The molecule has 0 radical (unpaired) electrons. The highest BCUT2D eigenvalue weighted by atomic mass is 19.1. The number of nitrogens with zero attached hydrogens (tertiary/aromatic N) is 1. The van der Waals surface area contributed by atoms with Gasteiger partial charge in [-0.3, -0.25) is 0 Å². The van der Waals surface area contributed by atoms with Gasteiger partial charge in [0.1, 0.15) is 11.6 Å². The summed E-state index contributed by atoms with van der Waals surface area (Å²) in [4.78, 5) is 0. The van der Waals surface area contributed by atoms with Crippen LogP contribution in [-0.2, 0) is 0 Å². The lowest BCUT2D eigenvalue weighted by Crippen LogP contribution is -2.25. The highest BCUT2D eigenvalue weighted by Crippen LogP contribution is 2.43. The SMILES string of the molecule is N#CC(O)C1Oc2ccccc2-c2ccc(F)cc21. The maximum absolute atomic E-state index is 13.4. The second-order valence-corrected chi connectivity index (χ2v) is 4.34. The molecule has 0 aliphatic carbocycles. The van der Waals surface area contributed by atoms with E-state index in [1.807, 2.05) is 18.2 Å². The van der Waals surface area contributed by atoms with Crippen LogP contribution in [0, 0.1) is 17.1 Å². The summed E-state index contributed by atoms with van der Waals surface area (Å²) < 4.78 is 19.0. The van der Waals surface area contributed by atoms with Gasteiger partial charge in [-0.15, -0.1) is 0 Å². The molecule has 0 saturated heterocycles. The second-order valence-electron chi connectivity index (χ2n) is 4.34. The number of aliphatic hydroxyl groups is 1. The number of para-hydroxylation sites is 1. The molecule has 1 heterocycles. The van der Waals surface area contributed by atoms with E-state index in [4.69, 9.17) is 10.00 Å². The van der Waals surface area contributed by atoms with Gasteiger partial charge in [-0.25, -0.2) is 4.39 Å². The minimum atomic E-state index is -1.34. The molecular weight excluding hydrogens is 245 g/mol. The van der Waals surface area contributed by atoms with Crippen LogP contribution in [0.4, 0.5) is 4.39 Å². The number of benzene rings is 2. The Kier molecular flexibility index (Phi) is 2.69. The third-order valence-corrected chi connectivity index (χ3v) is 3.17. The maximum Gasteiger partial charge on any atom is 0.181 e. The molecule has 0 bridgehead atoms. The zero-order valence-electron chi connectivity index (χ0n) is 9.88. The first kappa shape index (κ1) is 11.7. The maximum atomic E-state index is 13.4. The van der Waals surface area contributed by atoms with Gasteiger partial charge in [-0.1, -0.05) is 24.3 Å². The molecule has 0 aromatic heterocycles. The zero-order valence-corrected chi connectivity index (χ0v) is 9.88. The number of nitriles is 1. The fraction of sp³-hybridized carbons (Fsp3) is 0.133. The average molecular weight is 255 g/mol. The molecule has 0 amide bonds. The van der Waals surface area contributed by atoms with Crippen LogP contribution in [0.3, 0.4) is 0 Å². The predicted octanol–water partition coefficient (Wildman–Crippen LogP) is 2.81. The van der Waals surface area contributed by atoms with Gasteiger partial charge in [0.15, 0.2) is 12.2 Å². The fourth-order valence-corrected chi connectivity index (χ4v) is 2.31. The molecule has 0 saturated carbocycles. The summed E-state index contributed by atoms with van der Waals surface area (Å²) in [5, 5.41) is 18.6. The number of fused-ring (bicyclic) bond motifs is 3. The normalized spacial score (nSPS) is 17.6. The molecule has 4 heteroatoms. The first-order chi connectivity index (χ1) is 9.20. The van der Waals surface area contributed by atoms with E-state index in [9.17, 15) is 9.50 Å². The summed E-state index contributed by atoms with van der Waals surface area (Å²) in [6.07, 6.45) is -2.21. The van der Waals surface area contributed by atoms with Crippen molar-refractivity contribution in [2.75, 3.05) is 0 Å². The summed E-state index contributed by atoms with van der Waals surface area (Å²) in [6, 6.07) is 13.3. The lowest BCUT2D eigenvalue weighted by molar-refractivity contribution is 0.0695. The van der Waals surface area contributed by atoms with Crippen molar-refractivity contribution in [3.8, 4) is 22.9 Å². The van der Waals surface area contributed by atoms with Crippen molar-refractivity contribution < 1.29 is 14.2 Å². The lowest BCUT2D eigenvalue weighted by atomic mass is 9.91. The van der Waals surface area contributed by atoms with Crippen LogP contribution in [0.1, 0.15) is 11.7 Å². The molecule has 3 nitrogen and oxygen atoms in total. The van der Waals surface area contributed by atoms with Crippen molar-refractivity contribution >= 4 is 0 Å². The Morgan fingerprint density at radius 3 is 2.79 bits per heavy atom. The van der Waals surface area contributed by atoms with Crippen LogP contribution >= 0.6 is 0 Å². The first-order valence-corrected chi connectivity index (χ1v) is 5.84. The molecule has 2 atom stereocenters. The van der Waals surface area contributed by atoms with Crippen LogP contribution in [0.25, 0.3) is 11.1 Å². The molecule has 1 N–H and O–H groups in total. The van der Waals surface area contributed by atoms with E-state index in [1.165, 1.54) is 12.1 Å². The van der Waals surface area contributed by atoms with Gasteiger partial charge in [0, 0.05) is 11.1 Å². The van der Waals surface area contributed by atoms with Crippen molar-refractivity contribution in [1.29, 1.82) is 5.26 Å². The minimum Gasteiger partial charge on any atom is -0.481 e. The quantitative estimate of drug-likeness (QED) is 0.797. The van der Waals surface area contributed by atoms with E-state index < -0.39 is 18.0 Å². The van der Waals surface area contributed by atoms with Crippen LogP contribution < -0.4 is 4.74 Å². The average Bonchev–Trinajstić information content (AvgIpc) is 2.45. The van der Waals surface area contributed by atoms with E-state index >= 15 is 0 Å². The molecule has 3 rings (SSSR count). The number of aliphatic hydroxyl groups excluding tert-OH is 1. The van der Waals surface area contributed by atoms with Crippen LogP contribution in [0.15, 0.2) is 42.5 Å². The van der Waals surface area contributed by atoms with Gasteiger partial charge in [-0.2, -0.15) is 5.26 Å². The lowest BCUT2D eigenvalue weighted by Gasteiger charge is -2.29. The number of hydrogen-bond donors (Lipinski definition) is 1. The van der Waals surface area contributed by atoms with Crippen LogP contribution in [0.2, 0.25) is 0 Å². The van der Waals surface area contributed by atoms with Crippen LogP contribution in [-0.4, -0.2) is 11.2 Å². The molecule has 1 aliphatic heterocycles. The molecule has 94 valence electrons. The van der Waals surface area contributed by atoms with Gasteiger partial charge in [-0.05, 0) is 23.8 Å². The summed E-state index contributed by atoms with van der Waals surface area (Å²) in [5.74, 6) is 0.165. The minimum absolute atomic E-state index is 0.420. The van der Waals surface area contributed by atoms with Crippen molar-refractivity contribution in [2.24, 2.45) is 0 Å². The number of hydrogen-bond acceptors (Lipinski definition) is 3. The molecule has 1 aliphatic rings. The predicted molar refractivity (Wildman–Crippen MR) is 66.8 cm³/mol. The van der Waals surface area contributed by atoms with Gasteiger partial charge in [0.05, 0.1) is 6.07 Å². The smallest absolute Gasteiger partial charge is 0.181 e. The van der Waals surface area contributed by atoms with Crippen LogP contribution in [0.5, 0.6) is 5.75 Å². The monoisotopic (exact) mass is 255 g/mol. The van der Waals surface area contributed by atoms with E-state index in [2.05, 4.69) is 0 Å². The Morgan fingerprint density at radius 2 is 2.00 bits per heavy atom. The molecule has 0 fully saturated rings. The summed E-state index contributed by atoms with van der Waals surface area (Å²) in [6.45, 7) is 0. The first-order valence-electron chi connectivity index (χ1n) is 5.84. The molecule has 2 unspecified atom stereocenters. The molecule has 2 aromatic rings. The zero-order chi connectivity index (χ0) is 13.4. The molecule has 19 heavy (non-hydrogen) atoms. The van der Waals surface area contributed by atoms with Crippen molar-refractivity contribution in [2.45, 2.75) is 12.2 Å². The number of ether oxygens (including phenoxy) is 1. The Bertz CT molecular complexity index is 678. The molecule has 0 spiro atoms. The third-order valence-electron chi connectivity index (χ3n) is 3.17. The van der Waals surface area contributed by atoms with Gasteiger partial charge >= 0.3 is 0 Å². The summed E-state index contributed by atoms with van der Waals surface area (Å²) >= 11 is 0. The summed E-state index contributed by atoms with van der Waals surface area (Å²) in [5.41, 5.74) is 2.11. The highest BCUT2D eigenvalue weighted by Gasteiger charge is 2.31. The fourth-order valence-electron chi connectivity index (χ4n) is 2.31. The van der Waals surface area contributed by atoms with Crippen molar-refractivity contribution in [3.63, 3.8) is 0 Å².